The molecule has 0 atom stereocenters. The number of benzene rings is 2. The minimum Gasteiger partial charge on any atom is -0.457 e. The number of carbonyl (C=O) groups excluding carboxylic acids is 2. The van der Waals surface area contributed by atoms with Crippen LogP contribution >= 0.6 is 0 Å². The zero-order chi connectivity index (χ0) is 29.2. The summed E-state index contributed by atoms with van der Waals surface area (Å²) in [5, 5.41) is 5.83. The van der Waals surface area contributed by atoms with E-state index in [0.717, 1.165) is 18.2 Å². The van der Waals surface area contributed by atoms with Crippen LogP contribution in [-0.4, -0.2) is 36.3 Å². The number of halogens is 9. The Morgan fingerprint density at radius 1 is 0.769 bits per heavy atom. The van der Waals surface area contributed by atoms with Gasteiger partial charge in [0.2, 0.25) is 0 Å². The van der Waals surface area contributed by atoms with E-state index < -0.39 is 58.5 Å². The van der Waals surface area contributed by atoms with Gasteiger partial charge in [-0.2, -0.15) is 26.3 Å². The molecule has 16 heteroatoms. The molecule has 39 heavy (non-hydrogen) atoms. The van der Waals surface area contributed by atoms with E-state index in [-0.39, 0.29) is 35.4 Å². The van der Waals surface area contributed by atoms with Crippen molar-refractivity contribution in [3.63, 3.8) is 0 Å². The summed E-state index contributed by atoms with van der Waals surface area (Å²) in [6.07, 6.45) is -11.7. The number of ether oxygens (including phenoxy) is 1. The molecule has 0 unspecified atom stereocenters. The average Bonchev–Trinajstić information content (AvgIpc) is 2.85. The summed E-state index contributed by atoms with van der Waals surface area (Å²) < 4.78 is 126. The Kier molecular flexibility index (Phi) is 7.98. The molecule has 0 saturated carbocycles. The third kappa shape index (κ3) is 6.15. The zero-order valence-corrected chi connectivity index (χ0v) is 19.3. The van der Waals surface area contributed by atoms with Gasteiger partial charge in [-0.05, 0) is 30.3 Å². The van der Waals surface area contributed by atoms with Crippen LogP contribution in [0.15, 0.2) is 54.7 Å². The Labute approximate surface area is 213 Å². The predicted molar refractivity (Wildman–Crippen MR) is 118 cm³/mol. The topological polar surface area (TPSA) is 92.4 Å². The van der Waals surface area contributed by atoms with Crippen LogP contribution in [-0.2, 0) is 5.67 Å². The van der Waals surface area contributed by atoms with Crippen LogP contribution in [0.5, 0.6) is 11.5 Å². The largest absolute Gasteiger partial charge is 0.457 e. The molecule has 0 fully saturated rings. The van der Waals surface area contributed by atoms with E-state index in [4.69, 9.17) is 4.74 Å². The molecule has 1 heterocycles. The molecule has 3 amide bonds. The molecule has 0 aliphatic carbocycles. The van der Waals surface area contributed by atoms with Crippen molar-refractivity contribution in [3.8, 4) is 11.5 Å². The molecule has 0 aliphatic rings. The fourth-order valence-electron chi connectivity index (χ4n) is 3.12. The van der Waals surface area contributed by atoms with Crippen molar-refractivity contribution >= 4 is 23.3 Å². The highest BCUT2D eigenvalue weighted by atomic mass is 19.4. The van der Waals surface area contributed by atoms with Crippen LogP contribution in [0.25, 0.3) is 0 Å². The lowest BCUT2D eigenvalue weighted by Crippen LogP contribution is -2.50. The van der Waals surface area contributed by atoms with Crippen molar-refractivity contribution in [2.75, 3.05) is 17.7 Å². The average molecular weight is 566 g/mol. The van der Waals surface area contributed by atoms with E-state index in [1.54, 1.807) is 5.32 Å². The Balaban J connectivity index is 1.78. The Morgan fingerprint density at radius 2 is 1.38 bits per heavy atom. The van der Waals surface area contributed by atoms with Crippen LogP contribution in [0.3, 0.4) is 0 Å². The summed E-state index contributed by atoms with van der Waals surface area (Å²) in [7, 11) is 1.37. The zero-order valence-electron chi connectivity index (χ0n) is 19.3. The van der Waals surface area contributed by atoms with Gasteiger partial charge < -0.3 is 20.7 Å². The summed E-state index contributed by atoms with van der Waals surface area (Å²) in [4.78, 5) is 27.6. The third-order valence-corrected chi connectivity index (χ3v) is 5.01. The van der Waals surface area contributed by atoms with E-state index in [1.165, 1.54) is 25.4 Å². The first kappa shape index (κ1) is 29.1. The van der Waals surface area contributed by atoms with Crippen molar-refractivity contribution < 1.29 is 53.8 Å². The van der Waals surface area contributed by atoms with Crippen molar-refractivity contribution in [3.05, 3.63) is 77.6 Å². The number of nitrogens with one attached hydrogen (secondary N) is 3. The number of pyridine rings is 1. The van der Waals surface area contributed by atoms with Gasteiger partial charge >= 0.3 is 24.1 Å². The van der Waals surface area contributed by atoms with Crippen LogP contribution < -0.4 is 20.7 Å². The van der Waals surface area contributed by atoms with Gasteiger partial charge in [-0.25, -0.2) is 18.0 Å². The Morgan fingerprint density at radius 3 is 1.97 bits per heavy atom. The van der Waals surface area contributed by atoms with Crippen molar-refractivity contribution in [2.45, 2.75) is 18.0 Å². The molecule has 3 N–H and O–H groups in total. The summed E-state index contributed by atoms with van der Waals surface area (Å²) >= 11 is 0. The number of amides is 3. The summed E-state index contributed by atoms with van der Waals surface area (Å²) in [6.45, 7) is 0. The number of hydrogen-bond acceptors (Lipinski definition) is 4. The summed E-state index contributed by atoms with van der Waals surface area (Å²) in [6, 6.07) is 3.90. The van der Waals surface area contributed by atoms with E-state index in [2.05, 4.69) is 10.3 Å². The summed E-state index contributed by atoms with van der Waals surface area (Å²) in [5.74, 6) is -3.15. The Hall–Kier alpha value is -4.50. The lowest BCUT2D eigenvalue weighted by molar-refractivity contribution is -0.348. The molecule has 208 valence electrons. The number of aromatic nitrogens is 1. The SMILES string of the molecule is CNC(=O)c1cc(Oc2ccc(NC(=O)Nc3cc(C(F)(C(F)(F)F)C(F)(F)F)ccc3F)c(F)c2)ccn1. The molecule has 3 rings (SSSR count). The van der Waals surface area contributed by atoms with Gasteiger partial charge in [-0.3, -0.25) is 9.78 Å². The minimum atomic E-state index is -6.46. The highest BCUT2D eigenvalue weighted by Crippen LogP contribution is 2.53. The van der Waals surface area contributed by atoms with Crippen molar-refractivity contribution in [1.82, 2.24) is 10.3 Å². The second-order valence-electron chi connectivity index (χ2n) is 7.63. The van der Waals surface area contributed by atoms with Gasteiger partial charge in [0, 0.05) is 30.9 Å². The number of hydrogen-bond donors (Lipinski definition) is 3. The number of alkyl halides is 7. The fraction of sp³-hybridized carbons (Fsp3) is 0.174. The molecule has 3 aromatic rings. The maximum atomic E-state index is 14.5. The Bertz CT molecular complexity index is 1380. The highest BCUT2D eigenvalue weighted by Gasteiger charge is 2.73. The number of carbonyl (C=O) groups is 2. The van der Waals surface area contributed by atoms with Crippen LogP contribution in [0.2, 0.25) is 0 Å². The van der Waals surface area contributed by atoms with E-state index in [1.807, 2.05) is 5.32 Å². The van der Waals surface area contributed by atoms with E-state index in [9.17, 15) is 49.1 Å². The van der Waals surface area contributed by atoms with E-state index >= 15 is 0 Å². The lowest BCUT2D eigenvalue weighted by Gasteiger charge is -2.30. The quantitative estimate of drug-likeness (QED) is 0.300. The first-order valence-corrected chi connectivity index (χ1v) is 10.4. The molecule has 7 nitrogen and oxygen atoms in total. The number of anilines is 2. The minimum absolute atomic E-state index is 0.00259. The lowest BCUT2D eigenvalue weighted by atomic mass is 9.93. The normalized spacial score (nSPS) is 12.1. The highest BCUT2D eigenvalue weighted by molar-refractivity contribution is 6.00. The number of urea groups is 1. The number of rotatable bonds is 6. The van der Waals surface area contributed by atoms with Gasteiger partial charge in [-0.15, -0.1) is 0 Å². The van der Waals surface area contributed by atoms with Gasteiger partial charge in [0.15, 0.2) is 0 Å². The maximum absolute atomic E-state index is 14.5. The third-order valence-electron chi connectivity index (χ3n) is 5.01. The molecule has 0 saturated heterocycles. The molecule has 0 spiro atoms. The molecule has 1 aromatic heterocycles. The second kappa shape index (κ2) is 10.7. The molecule has 0 aliphatic heterocycles. The molecule has 2 aromatic carbocycles. The van der Waals surface area contributed by atoms with Crippen LogP contribution in [0, 0.1) is 11.6 Å². The van der Waals surface area contributed by atoms with E-state index in [0.29, 0.717) is 0 Å². The molecule has 0 radical (unpaired) electrons. The second-order valence-corrected chi connectivity index (χ2v) is 7.63. The van der Waals surface area contributed by atoms with Gasteiger partial charge in [-0.1, -0.05) is 6.07 Å². The molecular weight excluding hydrogens is 551 g/mol. The monoisotopic (exact) mass is 566 g/mol. The van der Waals surface area contributed by atoms with Crippen molar-refractivity contribution in [2.24, 2.45) is 0 Å². The molecule has 0 bridgehead atoms. The fourth-order valence-corrected chi connectivity index (χ4v) is 3.12. The predicted octanol–water partition coefficient (Wildman–Crippen LogP) is 6.45. The van der Waals surface area contributed by atoms with Crippen molar-refractivity contribution in [1.29, 1.82) is 0 Å². The first-order chi connectivity index (χ1) is 18.1. The maximum Gasteiger partial charge on any atom is 0.435 e. The summed E-state index contributed by atoms with van der Waals surface area (Å²) in [5.41, 5.74) is -9.70. The standard InChI is InChI=1S/C23H15F9N4O3/c1-33-19(37)18-10-13(6-7-34-18)39-12-3-5-16(15(25)9-12)35-20(38)36-17-8-11(2-4-14(17)24)21(26,22(27,28)29)23(30,31)32/h2-10H,1H3,(H,33,37)(H2,35,36,38). The van der Waals surface area contributed by atoms with Gasteiger partial charge in [0.1, 0.15) is 28.8 Å². The number of nitrogens with zero attached hydrogens (tertiary/aromatic N) is 1. The first-order valence-electron chi connectivity index (χ1n) is 10.4. The molecular formula is C23H15F9N4O3. The van der Waals surface area contributed by atoms with Gasteiger partial charge in [0.25, 0.3) is 5.91 Å². The van der Waals surface area contributed by atoms with Crippen LogP contribution in [0.1, 0.15) is 16.1 Å². The van der Waals surface area contributed by atoms with Gasteiger partial charge in [0.05, 0.1) is 11.4 Å². The van der Waals surface area contributed by atoms with Crippen LogP contribution in [0.4, 0.5) is 55.7 Å². The smallest absolute Gasteiger partial charge is 0.435 e.